The first-order chi connectivity index (χ1) is 17.8. The molecule has 6 rings (SSSR count). The number of amides is 2. The fraction of sp³-hybridized carbons (Fsp3) is 0.174. The van der Waals surface area contributed by atoms with Gasteiger partial charge in [-0.2, -0.15) is 13.5 Å². The zero-order chi connectivity index (χ0) is 25.7. The summed E-state index contributed by atoms with van der Waals surface area (Å²) in [4.78, 5) is 19.6. The zero-order valence-corrected chi connectivity index (χ0v) is 19.8. The lowest BCUT2D eigenvalue weighted by Gasteiger charge is -2.31. The van der Waals surface area contributed by atoms with Crippen LogP contribution in [0.5, 0.6) is 0 Å². The van der Waals surface area contributed by atoms with Gasteiger partial charge in [0.15, 0.2) is 5.65 Å². The number of carbonyl (C=O) groups excluding carboxylic acids is 1. The van der Waals surface area contributed by atoms with E-state index in [1.807, 2.05) is 4.90 Å². The van der Waals surface area contributed by atoms with Crippen molar-refractivity contribution in [1.29, 1.82) is 0 Å². The SMILES string of the molecule is O=C1N(c2ccccc2)OS(=O)(=O)ON1c1cnn2ccc(N3CCC[C@@H]3c3cc(F)ccc3F)nc12. The molecule has 0 radical (unpaired) electrons. The summed E-state index contributed by atoms with van der Waals surface area (Å²) in [5, 5.41) is 5.25. The van der Waals surface area contributed by atoms with E-state index >= 15 is 0 Å². The van der Waals surface area contributed by atoms with E-state index in [1.54, 1.807) is 30.5 Å². The molecule has 0 spiro atoms. The average molecular weight is 528 g/mol. The van der Waals surface area contributed by atoms with Gasteiger partial charge in [-0.15, -0.1) is 18.7 Å². The molecular weight excluding hydrogens is 510 g/mol. The summed E-state index contributed by atoms with van der Waals surface area (Å²) in [7, 11) is -4.66. The van der Waals surface area contributed by atoms with E-state index in [-0.39, 0.29) is 22.6 Å². The van der Waals surface area contributed by atoms with Crippen molar-refractivity contribution in [3.8, 4) is 0 Å². The van der Waals surface area contributed by atoms with E-state index in [0.29, 0.717) is 28.9 Å². The summed E-state index contributed by atoms with van der Waals surface area (Å²) < 4.78 is 64.1. The molecule has 2 amide bonds. The van der Waals surface area contributed by atoms with Gasteiger partial charge in [0.1, 0.15) is 23.1 Å². The summed E-state index contributed by atoms with van der Waals surface area (Å²) in [6.07, 6.45) is 4.08. The highest BCUT2D eigenvalue weighted by Crippen LogP contribution is 2.38. The first-order valence-corrected chi connectivity index (χ1v) is 12.5. The van der Waals surface area contributed by atoms with Crippen LogP contribution in [0, 0.1) is 11.6 Å². The van der Waals surface area contributed by atoms with Gasteiger partial charge < -0.3 is 4.90 Å². The number of hydroxylamine groups is 2. The van der Waals surface area contributed by atoms with E-state index in [1.165, 1.54) is 28.9 Å². The minimum absolute atomic E-state index is 0.0626. The van der Waals surface area contributed by atoms with E-state index < -0.39 is 34.1 Å². The van der Waals surface area contributed by atoms with Gasteiger partial charge in [-0.1, -0.05) is 18.2 Å². The van der Waals surface area contributed by atoms with E-state index in [2.05, 4.69) is 10.1 Å². The topological polar surface area (TPSA) is 110 Å². The Kier molecular flexibility index (Phi) is 5.51. The van der Waals surface area contributed by atoms with Gasteiger partial charge in [0.2, 0.25) is 0 Å². The van der Waals surface area contributed by atoms with Crippen molar-refractivity contribution in [1.82, 2.24) is 14.6 Å². The van der Waals surface area contributed by atoms with Crippen LogP contribution in [0.25, 0.3) is 5.65 Å². The Bertz CT molecular complexity index is 1620. The quantitative estimate of drug-likeness (QED) is 0.392. The lowest BCUT2D eigenvalue weighted by molar-refractivity contribution is 0.141. The summed E-state index contributed by atoms with van der Waals surface area (Å²) >= 11 is 0. The van der Waals surface area contributed by atoms with Gasteiger partial charge in [-0.25, -0.2) is 23.1 Å². The van der Waals surface area contributed by atoms with Crippen molar-refractivity contribution in [2.24, 2.45) is 0 Å². The number of anilines is 3. The molecule has 4 aromatic rings. The first kappa shape index (κ1) is 23.3. The van der Waals surface area contributed by atoms with Crippen molar-refractivity contribution < 1.29 is 30.6 Å². The van der Waals surface area contributed by atoms with E-state index in [4.69, 9.17) is 8.57 Å². The molecule has 190 valence electrons. The maximum Gasteiger partial charge on any atom is 0.443 e. The third-order valence-electron chi connectivity index (χ3n) is 6.09. The predicted octanol–water partition coefficient (Wildman–Crippen LogP) is 3.90. The smallest absolute Gasteiger partial charge is 0.349 e. The zero-order valence-electron chi connectivity index (χ0n) is 18.9. The molecule has 0 bridgehead atoms. The minimum Gasteiger partial charge on any atom is -0.349 e. The fourth-order valence-electron chi connectivity index (χ4n) is 4.49. The molecular formula is C23H18F2N6O5S. The highest BCUT2D eigenvalue weighted by molar-refractivity contribution is 7.82. The molecule has 2 aliphatic heterocycles. The van der Waals surface area contributed by atoms with Gasteiger partial charge >= 0.3 is 16.4 Å². The highest BCUT2D eigenvalue weighted by Gasteiger charge is 2.41. The fourth-order valence-corrected chi connectivity index (χ4v) is 5.17. The monoisotopic (exact) mass is 528 g/mol. The van der Waals surface area contributed by atoms with Crippen LogP contribution in [-0.2, 0) is 19.0 Å². The maximum atomic E-state index is 14.6. The van der Waals surface area contributed by atoms with Crippen LogP contribution in [0.15, 0.2) is 67.0 Å². The normalized spacial score (nSPS) is 19.7. The van der Waals surface area contributed by atoms with Crippen molar-refractivity contribution in [3.05, 3.63) is 84.2 Å². The molecule has 11 nitrogen and oxygen atoms in total. The Morgan fingerprint density at radius 3 is 2.59 bits per heavy atom. The van der Waals surface area contributed by atoms with Gasteiger partial charge in [-0.05, 0) is 49.2 Å². The Hall–Kier alpha value is -4.14. The lowest BCUT2D eigenvalue weighted by Crippen LogP contribution is -2.51. The third kappa shape index (κ3) is 4.14. The number of nitrogens with zero attached hydrogens (tertiary/aromatic N) is 6. The Morgan fingerprint density at radius 2 is 1.78 bits per heavy atom. The Balaban J connectivity index is 1.39. The van der Waals surface area contributed by atoms with Crippen LogP contribution in [0.3, 0.4) is 0 Å². The van der Waals surface area contributed by atoms with Crippen molar-refractivity contribution >= 4 is 39.3 Å². The number of fused-ring (bicyclic) bond motifs is 1. The second kappa shape index (κ2) is 8.76. The van der Waals surface area contributed by atoms with Crippen LogP contribution in [0.4, 0.5) is 30.8 Å². The van der Waals surface area contributed by atoms with Crippen LogP contribution in [-0.4, -0.2) is 35.6 Å². The molecule has 4 heterocycles. The molecule has 2 aromatic carbocycles. The number of benzene rings is 2. The van der Waals surface area contributed by atoms with Crippen LogP contribution in [0.1, 0.15) is 24.4 Å². The number of carbonyl (C=O) groups is 1. The molecule has 1 atom stereocenters. The maximum absolute atomic E-state index is 14.6. The van der Waals surface area contributed by atoms with Crippen LogP contribution in [0.2, 0.25) is 0 Å². The number of aromatic nitrogens is 3. The van der Waals surface area contributed by atoms with Gasteiger partial charge in [0, 0.05) is 18.3 Å². The van der Waals surface area contributed by atoms with Crippen LogP contribution < -0.4 is 15.0 Å². The molecule has 2 aliphatic rings. The van der Waals surface area contributed by atoms with Crippen molar-refractivity contribution in [2.45, 2.75) is 18.9 Å². The van der Waals surface area contributed by atoms with Crippen LogP contribution >= 0.6 is 0 Å². The molecule has 37 heavy (non-hydrogen) atoms. The number of hydrogen-bond donors (Lipinski definition) is 0. The molecule has 0 aliphatic carbocycles. The van der Waals surface area contributed by atoms with Gasteiger partial charge in [-0.3, -0.25) is 0 Å². The molecule has 14 heteroatoms. The summed E-state index contributed by atoms with van der Waals surface area (Å²) in [6.45, 7) is 0.524. The molecule has 2 saturated heterocycles. The summed E-state index contributed by atoms with van der Waals surface area (Å²) in [5.41, 5.74) is 0.407. The molecule has 2 fully saturated rings. The number of hydrogen-bond acceptors (Lipinski definition) is 8. The number of para-hydroxylation sites is 1. The summed E-state index contributed by atoms with van der Waals surface area (Å²) in [6, 6.07) is 11.4. The standard InChI is InChI=1S/C23H18F2N6O5S/c24-15-8-9-18(25)17(13-15)19-7-4-11-28(19)21-10-12-29-22(27-21)20(14-26-29)31-23(32)30(35-37(33,34)36-31)16-5-2-1-3-6-16/h1-3,5-6,8-10,12-14,19H,4,7,11H2/t19-/m1/s1. The summed E-state index contributed by atoms with van der Waals surface area (Å²) in [5.74, 6) is -0.663. The Labute approximate surface area is 209 Å². The highest BCUT2D eigenvalue weighted by atomic mass is 32.3. The molecule has 0 unspecified atom stereocenters. The second-order valence-electron chi connectivity index (χ2n) is 8.37. The van der Waals surface area contributed by atoms with Gasteiger partial charge in [0.25, 0.3) is 0 Å². The molecule has 0 N–H and O–H groups in total. The van der Waals surface area contributed by atoms with Crippen molar-refractivity contribution in [3.63, 3.8) is 0 Å². The van der Waals surface area contributed by atoms with Gasteiger partial charge in [0.05, 0.1) is 17.9 Å². The first-order valence-electron chi connectivity index (χ1n) is 11.2. The second-order valence-corrected chi connectivity index (χ2v) is 9.48. The van der Waals surface area contributed by atoms with Crippen molar-refractivity contribution in [2.75, 3.05) is 21.6 Å². The number of rotatable bonds is 4. The number of halogens is 2. The predicted molar refractivity (Wildman–Crippen MR) is 127 cm³/mol. The van der Waals surface area contributed by atoms with E-state index in [9.17, 15) is 22.0 Å². The third-order valence-corrected chi connectivity index (χ3v) is 6.75. The number of urea groups is 1. The molecule has 0 saturated carbocycles. The van der Waals surface area contributed by atoms with E-state index in [0.717, 1.165) is 18.6 Å². The minimum atomic E-state index is -4.66. The molecule has 2 aromatic heterocycles. The average Bonchev–Trinajstić information content (AvgIpc) is 3.54. The largest absolute Gasteiger partial charge is 0.443 e. The Morgan fingerprint density at radius 1 is 1.00 bits per heavy atom. The lowest BCUT2D eigenvalue weighted by atomic mass is 10.0.